The molecule has 0 fully saturated rings. The van der Waals surface area contributed by atoms with Crippen molar-refractivity contribution in [2.24, 2.45) is 0 Å². The Hall–Kier alpha value is -1.97. The zero-order chi connectivity index (χ0) is 20.1. The largest absolute Gasteiger partial charge is 0.460 e. The van der Waals surface area contributed by atoms with E-state index in [0.717, 1.165) is 19.1 Å². The number of halogens is 9. The molecule has 2 aromatic rings. The summed E-state index contributed by atoms with van der Waals surface area (Å²) in [6.45, 7) is 0.793. The first kappa shape index (κ1) is 20.3. The molecule has 0 aliphatic rings. The van der Waals surface area contributed by atoms with Crippen LogP contribution in [-0.2, 0) is 11.0 Å². The van der Waals surface area contributed by atoms with Gasteiger partial charge in [-0.05, 0) is 17.7 Å². The predicted molar refractivity (Wildman–Crippen MR) is 72.9 cm³/mol. The van der Waals surface area contributed by atoms with E-state index in [0.29, 0.717) is 0 Å². The van der Waals surface area contributed by atoms with Crippen LogP contribution in [0.15, 0.2) is 36.4 Å². The lowest BCUT2D eigenvalue weighted by Crippen LogP contribution is -2.59. The summed E-state index contributed by atoms with van der Waals surface area (Å²) < 4.78 is 119. The highest BCUT2D eigenvalue weighted by atomic mass is 19.4. The average molecular weight is 389 g/mol. The monoisotopic (exact) mass is 389 g/mol. The molecule has 0 saturated heterocycles. The van der Waals surface area contributed by atoms with Gasteiger partial charge >= 0.3 is 23.9 Å². The molecule has 1 atom stereocenters. The van der Waals surface area contributed by atoms with E-state index in [1.165, 1.54) is 18.2 Å². The van der Waals surface area contributed by atoms with Crippen molar-refractivity contribution < 1.29 is 44.6 Å². The van der Waals surface area contributed by atoms with Gasteiger partial charge in [0.25, 0.3) is 0 Å². The predicted octanol–water partition coefficient (Wildman–Crippen LogP) is 6.26. The summed E-state index contributed by atoms with van der Waals surface area (Å²) in [5.74, 6) is -19.8. The summed E-state index contributed by atoms with van der Waals surface area (Å²) in [5.41, 5.74) is -2.83. The van der Waals surface area contributed by atoms with Crippen molar-refractivity contribution in [1.29, 1.82) is 0 Å². The van der Waals surface area contributed by atoms with Gasteiger partial charge in [0.2, 0.25) is 0 Å². The molecule has 0 saturated carbocycles. The number of hydrogen-bond acceptors (Lipinski definition) is 0. The summed E-state index contributed by atoms with van der Waals surface area (Å²) in [7, 11) is 0. The molecule has 1 radical (unpaired) electrons. The summed E-state index contributed by atoms with van der Waals surface area (Å²) in [4.78, 5) is 0. The van der Waals surface area contributed by atoms with Crippen molar-refractivity contribution in [3.8, 4) is 0 Å². The van der Waals surface area contributed by atoms with E-state index < -0.39 is 41.2 Å². The quantitative estimate of drug-likeness (QED) is 0.551. The smallest absolute Gasteiger partial charge is 0.228 e. The highest BCUT2D eigenvalue weighted by Crippen LogP contribution is 2.57. The standard InChI is InChI=1S/C16H10F9O/c1-8(26)12-10-5-3-2-4-9(10)6-7-11(12)13(17,18)14(19,20)15(21,22)16(23,24)25/h2-8H,1H3. The van der Waals surface area contributed by atoms with E-state index in [1.54, 1.807) is 0 Å². The number of benzene rings is 2. The molecule has 2 aromatic carbocycles. The van der Waals surface area contributed by atoms with Crippen molar-refractivity contribution >= 4 is 10.8 Å². The Balaban J connectivity index is 2.79. The minimum Gasteiger partial charge on any atom is -0.228 e. The highest BCUT2D eigenvalue weighted by molar-refractivity contribution is 5.87. The molecular weight excluding hydrogens is 379 g/mol. The van der Waals surface area contributed by atoms with Crippen LogP contribution in [0.25, 0.3) is 10.8 Å². The third-order valence-electron chi connectivity index (χ3n) is 3.86. The van der Waals surface area contributed by atoms with Gasteiger partial charge in [-0.15, -0.1) is 0 Å². The molecule has 0 aromatic heterocycles. The maximum Gasteiger partial charge on any atom is 0.460 e. The van der Waals surface area contributed by atoms with Crippen LogP contribution in [-0.4, -0.2) is 18.0 Å². The number of fused-ring (bicyclic) bond motifs is 1. The SMILES string of the molecule is CC([O])c1c(C(F)(F)C(F)(F)C(F)(F)C(F)(F)F)ccc2ccccc12. The Morgan fingerprint density at radius 1 is 0.769 bits per heavy atom. The second kappa shape index (κ2) is 6.04. The number of hydrogen-bond donors (Lipinski definition) is 0. The Morgan fingerprint density at radius 3 is 1.81 bits per heavy atom. The molecule has 0 heterocycles. The first-order valence-electron chi connectivity index (χ1n) is 7.04. The summed E-state index contributed by atoms with van der Waals surface area (Å²) in [5, 5.41) is 11.7. The van der Waals surface area contributed by atoms with Crippen molar-refractivity contribution in [3.05, 3.63) is 47.5 Å². The molecular formula is C16H10F9O. The number of alkyl halides is 9. The second-order valence-electron chi connectivity index (χ2n) is 5.61. The van der Waals surface area contributed by atoms with Gasteiger partial charge in [0.15, 0.2) is 0 Å². The minimum absolute atomic E-state index is 0.163. The fraction of sp³-hybridized carbons (Fsp3) is 0.375. The van der Waals surface area contributed by atoms with Gasteiger partial charge in [-0.1, -0.05) is 36.4 Å². The fourth-order valence-electron chi connectivity index (χ4n) is 2.55. The average Bonchev–Trinajstić information content (AvgIpc) is 2.51. The molecule has 1 unspecified atom stereocenters. The van der Waals surface area contributed by atoms with Crippen molar-refractivity contribution in [1.82, 2.24) is 0 Å². The van der Waals surface area contributed by atoms with Gasteiger partial charge in [0.05, 0.1) is 0 Å². The van der Waals surface area contributed by atoms with Crippen LogP contribution in [0, 0.1) is 0 Å². The third kappa shape index (κ3) is 2.80. The molecule has 0 N–H and O–H groups in total. The summed E-state index contributed by atoms with van der Waals surface area (Å²) in [6.07, 6.45) is -9.00. The van der Waals surface area contributed by atoms with Crippen LogP contribution in [0.1, 0.15) is 24.2 Å². The molecule has 2 rings (SSSR count). The zero-order valence-electron chi connectivity index (χ0n) is 12.9. The molecule has 10 heteroatoms. The van der Waals surface area contributed by atoms with Crippen LogP contribution < -0.4 is 0 Å². The van der Waals surface area contributed by atoms with Crippen molar-refractivity contribution in [3.63, 3.8) is 0 Å². The fourth-order valence-corrected chi connectivity index (χ4v) is 2.55. The maximum atomic E-state index is 14.2. The molecule has 0 aliphatic carbocycles. The van der Waals surface area contributed by atoms with Gasteiger partial charge in [-0.25, -0.2) is 5.11 Å². The van der Waals surface area contributed by atoms with Gasteiger partial charge in [0.1, 0.15) is 6.10 Å². The van der Waals surface area contributed by atoms with Gasteiger partial charge in [-0.3, -0.25) is 0 Å². The second-order valence-corrected chi connectivity index (χ2v) is 5.61. The van der Waals surface area contributed by atoms with Gasteiger partial charge in [0, 0.05) is 11.1 Å². The molecule has 0 spiro atoms. The van der Waals surface area contributed by atoms with Gasteiger partial charge in [-0.2, -0.15) is 39.5 Å². The third-order valence-corrected chi connectivity index (χ3v) is 3.86. The van der Waals surface area contributed by atoms with Crippen molar-refractivity contribution in [2.75, 3.05) is 0 Å². The van der Waals surface area contributed by atoms with Crippen LogP contribution in [0.5, 0.6) is 0 Å². The highest BCUT2D eigenvalue weighted by Gasteiger charge is 2.82. The molecule has 0 bridgehead atoms. The van der Waals surface area contributed by atoms with E-state index >= 15 is 0 Å². The Kier molecular flexibility index (Phi) is 4.72. The molecule has 143 valence electrons. The molecule has 0 amide bonds. The van der Waals surface area contributed by atoms with Crippen molar-refractivity contribution in [2.45, 2.75) is 37.0 Å². The van der Waals surface area contributed by atoms with Crippen LogP contribution in [0.4, 0.5) is 39.5 Å². The Labute approximate surface area is 141 Å². The number of rotatable bonds is 4. The maximum absolute atomic E-state index is 14.2. The lowest BCUT2D eigenvalue weighted by atomic mass is 9.88. The topological polar surface area (TPSA) is 19.9 Å². The molecule has 26 heavy (non-hydrogen) atoms. The Bertz CT molecular complexity index is 809. The molecule has 0 aliphatic heterocycles. The van der Waals surface area contributed by atoms with Crippen LogP contribution >= 0.6 is 0 Å². The first-order chi connectivity index (χ1) is 11.7. The van der Waals surface area contributed by atoms with E-state index in [1.807, 2.05) is 0 Å². The normalized spacial score (nSPS) is 15.3. The van der Waals surface area contributed by atoms with Crippen LogP contribution in [0.2, 0.25) is 0 Å². The van der Waals surface area contributed by atoms with Gasteiger partial charge < -0.3 is 0 Å². The van der Waals surface area contributed by atoms with E-state index in [9.17, 15) is 44.6 Å². The lowest BCUT2D eigenvalue weighted by molar-refractivity contribution is -0.399. The zero-order valence-corrected chi connectivity index (χ0v) is 12.9. The van der Waals surface area contributed by atoms with E-state index in [4.69, 9.17) is 0 Å². The summed E-state index contributed by atoms with van der Waals surface area (Å²) in [6, 6.07) is 6.27. The van der Waals surface area contributed by atoms with E-state index in [-0.39, 0.29) is 16.8 Å². The Morgan fingerprint density at radius 2 is 1.31 bits per heavy atom. The van der Waals surface area contributed by atoms with Crippen LogP contribution in [0.3, 0.4) is 0 Å². The molecule has 1 nitrogen and oxygen atoms in total. The lowest BCUT2D eigenvalue weighted by Gasteiger charge is -2.35. The minimum atomic E-state index is -7.02. The van der Waals surface area contributed by atoms with E-state index in [2.05, 4.69) is 0 Å². The summed E-state index contributed by atoms with van der Waals surface area (Å²) >= 11 is 0. The first-order valence-corrected chi connectivity index (χ1v) is 7.04.